The fourth-order valence-electron chi connectivity index (χ4n) is 1.95. The van der Waals surface area contributed by atoms with Gasteiger partial charge in [0, 0.05) is 0 Å². The smallest absolute Gasteiger partial charge is 0.212 e. The number of thioether (sulfide) groups is 1. The van der Waals surface area contributed by atoms with E-state index in [1.165, 1.54) is 11.8 Å². The van der Waals surface area contributed by atoms with Crippen molar-refractivity contribution >= 4 is 21.6 Å². The van der Waals surface area contributed by atoms with Gasteiger partial charge in [0.05, 0.1) is 4.90 Å². The highest BCUT2D eigenvalue weighted by atomic mass is 32.3. The van der Waals surface area contributed by atoms with Crippen LogP contribution in [0, 0.1) is 6.92 Å². The quantitative estimate of drug-likeness (QED) is 0.828. The van der Waals surface area contributed by atoms with E-state index in [0.717, 1.165) is 11.1 Å². The molecule has 0 atom stereocenters. The highest BCUT2D eigenvalue weighted by Crippen LogP contribution is 2.27. The van der Waals surface area contributed by atoms with Crippen molar-refractivity contribution < 1.29 is 8.42 Å². The number of rotatable bonds is 5. The van der Waals surface area contributed by atoms with Gasteiger partial charge in [-0.3, -0.25) is 0 Å². The summed E-state index contributed by atoms with van der Waals surface area (Å²) in [5, 5.41) is 0. The summed E-state index contributed by atoms with van der Waals surface area (Å²) in [5.41, 5.74) is 2.15. The lowest BCUT2D eigenvalue weighted by Gasteiger charge is -2.07. The van der Waals surface area contributed by atoms with Crippen LogP contribution in [0.1, 0.15) is 11.1 Å². The number of aryl methyl sites for hydroxylation is 1. The minimum absolute atomic E-state index is 0.349. The molecule has 21 heavy (non-hydrogen) atoms. The van der Waals surface area contributed by atoms with Gasteiger partial charge >= 0.3 is 0 Å². The van der Waals surface area contributed by atoms with Gasteiger partial charge < -0.3 is 0 Å². The van der Waals surface area contributed by atoms with Crippen LogP contribution in [0.15, 0.2) is 69.8 Å². The van der Waals surface area contributed by atoms with E-state index < -0.39 is 9.84 Å². The van der Waals surface area contributed by atoms with Gasteiger partial charge in [-0.2, -0.15) is 0 Å². The summed E-state index contributed by atoms with van der Waals surface area (Å²) in [6.45, 7) is 1.94. The van der Waals surface area contributed by atoms with Crippen LogP contribution < -0.4 is 0 Å². The van der Waals surface area contributed by atoms with Crippen molar-refractivity contribution in [2.24, 2.45) is 0 Å². The van der Waals surface area contributed by atoms with Gasteiger partial charge in [-0.05, 0) is 37.3 Å². The summed E-state index contributed by atoms with van der Waals surface area (Å²) in [4.78, 5) is 0.349. The minimum Gasteiger partial charge on any atom is -0.218 e. The molecule has 4 heteroatoms. The van der Waals surface area contributed by atoms with E-state index in [1.54, 1.807) is 24.5 Å². The molecule has 0 saturated carbocycles. The monoisotopic (exact) mass is 318 g/mol. The summed E-state index contributed by atoms with van der Waals surface area (Å²) in [5.74, 6) is 0. The third kappa shape index (κ3) is 3.99. The van der Waals surface area contributed by atoms with Crippen LogP contribution in [0.4, 0.5) is 0 Å². The van der Waals surface area contributed by atoms with Crippen LogP contribution in [-0.2, 0) is 16.3 Å². The SMILES string of the molecule is CS/C(=C\Cc1ccccc1)S(=O)(=O)c1ccc(C)cc1. The van der Waals surface area contributed by atoms with E-state index >= 15 is 0 Å². The molecule has 0 unspecified atom stereocenters. The Balaban J connectivity index is 2.29. The topological polar surface area (TPSA) is 34.1 Å². The van der Waals surface area contributed by atoms with Crippen molar-refractivity contribution in [1.82, 2.24) is 0 Å². The molecule has 0 fully saturated rings. The lowest BCUT2D eigenvalue weighted by atomic mass is 10.2. The first-order chi connectivity index (χ1) is 10.0. The van der Waals surface area contributed by atoms with Crippen molar-refractivity contribution in [2.45, 2.75) is 18.2 Å². The normalized spacial score (nSPS) is 12.4. The second-order valence-electron chi connectivity index (χ2n) is 4.73. The predicted octanol–water partition coefficient (Wildman–Crippen LogP) is 4.22. The minimum atomic E-state index is -3.41. The lowest BCUT2D eigenvalue weighted by molar-refractivity contribution is 0.604. The van der Waals surface area contributed by atoms with Crippen molar-refractivity contribution in [3.63, 3.8) is 0 Å². The van der Waals surface area contributed by atoms with E-state index in [4.69, 9.17) is 0 Å². The average Bonchev–Trinajstić information content (AvgIpc) is 2.49. The molecule has 0 amide bonds. The molecule has 110 valence electrons. The molecule has 0 saturated heterocycles. The zero-order valence-electron chi connectivity index (χ0n) is 12.1. The first-order valence-corrected chi connectivity index (χ1v) is 9.34. The standard InChI is InChI=1S/C17H18O2S2/c1-14-8-11-16(12-9-14)21(18,19)17(20-2)13-10-15-6-4-3-5-7-15/h3-9,11-13H,10H2,1-2H3/b17-13+. The van der Waals surface area contributed by atoms with E-state index in [0.29, 0.717) is 15.6 Å². The number of allylic oxidation sites excluding steroid dienone is 1. The summed E-state index contributed by atoms with van der Waals surface area (Å²) in [6, 6.07) is 16.8. The van der Waals surface area contributed by atoms with Gasteiger partial charge in [0.1, 0.15) is 4.24 Å². The van der Waals surface area contributed by atoms with Crippen LogP contribution in [0.25, 0.3) is 0 Å². The molecule has 2 nitrogen and oxygen atoms in total. The number of benzene rings is 2. The molecule has 0 bridgehead atoms. The van der Waals surface area contributed by atoms with E-state index in [-0.39, 0.29) is 0 Å². The lowest BCUT2D eigenvalue weighted by Crippen LogP contribution is -2.03. The van der Waals surface area contributed by atoms with Crippen molar-refractivity contribution in [2.75, 3.05) is 6.26 Å². The third-order valence-electron chi connectivity index (χ3n) is 3.14. The summed E-state index contributed by atoms with van der Waals surface area (Å²) < 4.78 is 25.6. The summed E-state index contributed by atoms with van der Waals surface area (Å²) in [6.07, 6.45) is 4.19. The van der Waals surface area contributed by atoms with Crippen molar-refractivity contribution in [3.8, 4) is 0 Å². The summed E-state index contributed by atoms with van der Waals surface area (Å²) in [7, 11) is -3.41. The van der Waals surface area contributed by atoms with Crippen LogP contribution in [-0.4, -0.2) is 14.7 Å². The zero-order chi connectivity index (χ0) is 15.3. The molecule has 0 aliphatic carbocycles. The first kappa shape index (κ1) is 15.9. The Bertz CT molecular complexity index is 715. The number of hydrogen-bond donors (Lipinski definition) is 0. The van der Waals surface area contributed by atoms with E-state index in [2.05, 4.69) is 0 Å². The van der Waals surface area contributed by atoms with Gasteiger partial charge in [0.2, 0.25) is 9.84 Å². The maximum atomic E-state index is 12.6. The molecule has 0 aliphatic heterocycles. The molecular weight excluding hydrogens is 300 g/mol. The highest BCUT2D eigenvalue weighted by molar-refractivity contribution is 8.18. The van der Waals surface area contributed by atoms with Gasteiger partial charge in [0.15, 0.2) is 0 Å². The van der Waals surface area contributed by atoms with Crippen molar-refractivity contribution in [1.29, 1.82) is 0 Å². The van der Waals surface area contributed by atoms with Gasteiger partial charge in [-0.25, -0.2) is 8.42 Å². The molecule has 0 radical (unpaired) electrons. The molecule has 0 aliphatic rings. The second-order valence-corrected chi connectivity index (χ2v) is 7.76. The highest BCUT2D eigenvalue weighted by Gasteiger charge is 2.19. The van der Waals surface area contributed by atoms with Crippen LogP contribution in [0.2, 0.25) is 0 Å². The second kappa shape index (κ2) is 6.96. The largest absolute Gasteiger partial charge is 0.218 e. The Morgan fingerprint density at radius 3 is 2.24 bits per heavy atom. The van der Waals surface area contributed by atoms with E-state index in [9.17, 15) is 8.42 Å². The first-order valence-electron chi connectivity index (χ1n) is 6.64. The molecule has 2 rings (SSSR count). The van der Waals surface area contributed by atoms with Gasteiger partial charge in [-0.1, -0.05) is 54.1 Å². The van der Waals surface area contributed by atoms with Gasteiger partial charge in [0.25, 0.3) is 0 Å². The Morgan fingerprint density at radius 2 is 1.67 bits per heavy atom. The fourth-order valence-corrected chi connectivity index (χ4v) is 4.40. The van der Waals surface area contributed by atoms with Crippen LogP contribution >= 0.6 is 11.8 Å². The Morgan fingerprint density at radius 1 is 1.05 bits per heavy atom. The number of sulfone groups is 1. The van der Waals surface area contributed by atoms with E-state index in [1.807, 2.05) is 49.4 Å². The summed E-state index contributed by atoms with van der Waals surface area (Å²) >= 11 is 1.27. The number of hydrogen-bond acceptors (Lipinski definition) is 3. The third-order valence-corrected chi connectivity index (χ3v) is 6.46. The maximum absolute atomic E-state index is 12.6. The molecule has 0 spiro atoms. The van der Waals surface area contributed by atoms with Crippen LogP contribution in [0.3, 0.4) is 0 Å². The predicted molar refractivity (Wildman–Crippen MR) is 90.1 cm³/mol. The van der Waals surface area contributed by atoms with Gasteiger partial charge in [-0.15, -0.1) is 11.8 Å². The molecule has 0 N–H and O–H groups in total. The molecule has 2 aromatic rings. The Kier molecular flexibility index (Phi) is 5.26. The molecule has 0 aromatic heterocycles. The van der Waals surface area contributed by atoms with Crippen molar-refractivity contribution in [3.05, 3.63) is 76.0 Å². The Labute approximate surface area is 130 Å². The maximum Gasteiger partial charge on any atom is 0.212 e. The van der Waals surface area contributed by atoms with Crippen LogP contribution in [0.5, 0.6) is 0 Å². The zero-order valence-corrected chi connectivity index (χ0v) is 13.7. The Hall–Kier alpha value is -1.52. The molecular formula is C17H18O2S2. The molecule has 2 aromatic carbocycles. The fraction of sp³-hybridized carbons (Fsp3) is 0.176. The molecule has 0 heterocycles. The average molecular weight is 318 g/mol.